The highest BCUT2D eigenvalue weighted by Gasteiger charge is 2.13. The van der Waals surface area contributed by atoms with Crippen LogP contribution in [0.1, 0.15) is 22.3 Å². The van der Waals surface area contributed by atoms with E-state index in [1.807, 2.05) is 0 Å². The first-order chi connectivity index (χ1) is 9.58. The van der Waals surface area contributed by atoms with E-state index in [4.69, 9.17) is 0 Å². The van der Waals surface area contributed by atoms with Crippen molar-refractivity contribution >= 4 is 32.3 Å². The Morgan fingerprint density at radius 3 is 2.05 bits per heavy atom. The van der Waals surface area contributed by atoms with Gasteiger partial charge in [0.2, 0.25) is 0 Å². The summed E-state index contributed by atoms with van der Waals surface area (Å²) in [5.74, 6) is 0. The molecule has 0 fully saturated rings. The average molecular weight is 258 g/mol. The molecule has 0 unspecified atom stereocenters. The molecule has 0 nitrogen and oxygen atoms in total. The molecule has 4 aromatic carbocycles. The van der Waals surface area contributed by atoms with Crippen LogP contribution in [0.4, 0.5) is 0 Å². The molecule has 0 atom stereocenters. The Morgan fingerprint density at radius 1 is 0.550 bits per heavy atom. The van der Waals surface area contributed by atoms with E-state index in [-0.39, 0.29) is 0 Å². The molecule has 0 aliphatic heterocycles. The van der Waals surface area contributed by atoms with Gasteiger partial charge < -0.3 is 0 Å². The van der Waals surface area contributed by atoms with E-state index in [0.29, 0.717) is 0 Å². The Bertz CT molecular complexity index is 974. The molecular weight excluding hydrogens is 240 g/mol. The first-order valence-corrected chi connectivity index (χ1v) is 7.23. The molecule has 98 valence electrons. The molecule has 20 heavy (non-hydrogen) atoms. The van der Waals surface area contributed by atoms with Gasteiger partial charge in [-0.15, -0.1) is 0 Å². The fourth-order valence-corrected chi connectivity index (χ4v) is 3.69. The van der Waals surface area contributed by atoms with Crippen molar-refractivity contribution in [2.24, 2.45) is 0 Å². The molecule has 4 rings (SSSR count). The summed E-state index contributed by atoms with van der Waals surface area (Å²) in [6.45, 7) is 8.90. The zero-order valence-electron chi connectivity index (χ0n) is 12.5. The van der Waals surface area contributed by atoms with Crippen LogP contribution in [0.15, 0.2) is 36.4 Å². The quantitative estimate of drug-likeness (QED) is 0.349. The lowest BCUT2D eigenvalue weighted by Gasteiger charge is -2.17. The zero-order valence-corrected chi connectivity index (χ0v) is 12.5. The highest BCUT2D eigenvalue weighted by Crippen LogP contribution is 2.39. The summed E-state index contributed by atoms with van der Waals surface area (Å²) in [4.78, 5) is 0. The van der Waals surface area contributed by atoms with Gasteiger partial charge in [-0.25, -0.2) is 0 Å². The van der Waals surface area contributed by atoms with Crippen molar-refractivity contribution in [3.05, 3.63) is 58.7 Å². The van der Waals surface area contributed by atoms with Gasteiger partial charge in [0.1, 0.15) is 0 Å². The second-order valence-corrected chi connectivity index (χ2v) is 6.08. The van der Waals surface area contributed by atoms with Gasteiger partial charge >= 0.3 is 0 Å². The van der Waals surface area contributed by atoms with E-state index in [0.717, 1.165) is 0 Å². The van der Waals surface area contributed by atoms with Gasteiger partial charge in [0, 0.05) is 0 Å². The van der Waals surface area contributed by atoms with Crippen LogP contribution in [0.25, 0.3) is 32.3 Å². The topological polar surface area (TPSA) is 0 Å². The number of hydrogen-bond acceptors (Lipinski definition) is 0. The van der Waals surface area contributed by atoms with E-state index in [1.54, 1.807) is 0 Å². The van der Waals surface area contributed by atoms with Crippen molar-refractivity contribution in [3.63, 3.8) is 0 Å². The molecule has 0 N–H and O–H groups in total. The third-order valence-corrected chi connectivity index (χ3v) is 4.82. The molecule has 0 saturated heterocycles. The summed E-state index contributed by atoms with van der Waals surface area (Å²) in [6.07, 6.45) is 0. The fraction of sp³-hybridized carbons (Fsp3) is 0.200. The predicted octanol–water partition coefficient (Wildman–Crippen LogP) is 5.82. The Kier molecular flexibility index (Phi) is 2.18. The third-order valence-electron chi connectivity index (χ3n) is 4.82. The minimum atomic E-state index is 1.36. The summed E-state index contributed by atoms with van der Waals surface area (Å²) >= 11 is 0. The summed E-state index contributed by atoms with van der Waals surface area (Å²) in [7, 11) is 0. The average Bonchev–Trinajstić information content (AvgIpc) is 2.42. The van der Waals surface area contributed by atoms with Crippen LogP contribution in [0.3, 0.4) is 0 Å². The smallest absolute Gasteiger partial charge is 0.00214 e. The maximum absolute atomic E-state index is 2.35. The summed E-state index contributed by atoms with van der Waals surface area (Å²) < 4.78 is 0. The number of hydrogen-bond donors (Lipinski definition) is 0. The van der Waals surface area contributed by atoms with Crippen molar-refractivity contribution in [2.75, 3.05) is 0 Å². The van der Waals surface area contributed by atoms with Gasteiger partial charge in [-0.2, -0.15) is 0 Å². The molecule has 0 aliphatic carbocycles. The Balaban J connectivity index is 2.47. The van der Waals surface area contributed by atoms with E-state index in [2.05, 4.69) is 64.1 Å². The molecule has 0 amide bonds. The van der Waals surface area contributed by atoms with Crippen LogP contribution in [0, 0.1) is 27.7 Å². The third kappa shape index (κ3) is 1.31. The maximum Gasteiger partial charge on any atom is -0.00214 e. The van der Waals surface area contributed by atoms with Crippen molar-refractivity contribution < 1.29 is 0 Å². The van der Waals surface area contributed by atoms with Crippen LogP contribution in [0.5, 0.6) is 0 Å². The molecule has 0 heterocycles. The van der Waals surface area contributed by atoms with Crippen LogP contribution < -0.4 is 0 Å². The lowest BCUT2D eigenvalue weighted by Crippen LogP contribution is -1.92. The molecule has 0 aliphatic rings. The molecule has 0 radical (unpaired) electrons. The SMILES string of the molecule is Cc1cc2cc(C)c3c(C)ccc4ccc(c1C)c2c43. The lowest BCUT2D eigenvalue weighted by molar-refractivity contribution is 1.39. The first kappa shape index (κ1) is 11.7. The van der Waals surface area contributed by atoms with Crippen molar-refractivity contribution in [1.82, 2.24) is 0 Å². The highest BCUT2D eigenvalue weighted by molar-refractivity contribution is 6.25. The van der Waals surface area contributed by atoms with Gasteiger partial charge in [-0.1, -0.05) is 36.4 Å². The second kappa shape index (κ2) is 3.73. The van der Waals surface area contributed by atoms with Crippen molar-refractivity contribution in [3.8, 4) is 0 Å². The number of benzene rings is 4. The Hall–Kier alpha value is -2.08. The van der Waals surface area contributed by atoms with Crippen molar-refractivity contribution in [2.45, 2.75) is 27.7 Å². The van der Waals surface area contributed by atoms with Crippen molar-refractivity contribution in [1.29, 1.82) is 0 Å². The zero-order chi connectivity index (χ0) is 14.0. The monoisotopic (exact) mass is 258 g/mol. The summed E-state index contributed by atoms with van der Waals surface area (Å²) in [5, 5.41) is 8.46. The van der Waals surface area contributed by atoms with Gasteiger partial charge in [0.25, 0.3) is 0 Å². The molecule has 0 spiro atoms. The first-order valence-electron chi connectivity index (χ1n) is 7.23. The molecule has 0 bridgehead atoms. The Morgan fingerprint density at radius 2 is 1.25 bits per heavy atom. The largest absolute Gasteiger partial charge is 0.0581 e. The minimum absolute atomic E-state index is 1.36. The van der Waals surface area contributed by atoms with Gasteiger partial charge in [0.05, 0.1) is 0 Å². The van der Waals surface area contributed by atoms with Gasteiger partial charge in [0.15, 0.2) is 0 Å². The van der Waals surface area contributed by atoms with Crippen LogP contribution in [-0.4, -0.2) is 0 Å². The normalized spacial score (nSPS) is 12.0. The summed E-state index contributed by atoms with van der Waals surface area (Å²) in [6, 6.07) is 13.8. The van der Waals surface area contributed by atoms with E-state index < -0.39 is 0 Å². The summed E-state index contributed by atoms with van der Waals surface area (Å²) in [5.41, 5.74) is 5.55. The van der Waals surface area contributed by atoms with Crippen LogP contribution in [0.2, 0.25) is 0 Å². The minimum Gasteiger partial charge on any atom is -0.0581 e. The number of aryl methyl sites for hydroxylation is 4. The van der Waals surface area contributed by atoms with E-state index in [9.17, 15) is 0 Å². The molecule has 0 saturated carbocycles. The number of rotatable bonds is 0. The molecule has 0 heteroatoms. The molecule has 0 aromatic heterocycles. The second-order valence-electron chi connectivity index (χ2n) is 6.08. The fourth-order valence-electron chi connectivity index (χ4n) is 3.69. The van der Waals surface area contributed by atoms with Gasteiger partial charge in [-0.3, -0.25) is 0 Å². The lowest BCUT2D eigenvalue weighted by atomic mass is 9.87. The van der Waals surface area contributed by atoms with E-state index in [1.165, 1.54) is 54.6 Å². The molecule has 4 aromatic rings. The van der Waals surface area contributed by atoms with Crippen LogP contribution >= 0.6 is 0 Å². The highest BCUT2D eigenvalue weighted by atomic mass is 14.2. The molecular formula is C20H18. The maximum atomic E-state index is 2.35. The Labute approximate surface area is 119 Å². The predicted molar refractivity (Wildman–Crippen MR) is 89.1 cm³/mol. The van der Waals surface area contributed by atoms with E-state index >= 15 is 0 Å². The van der Waals surface area contributed by atoms with Gasteiger partial charge in [-0.05, 0) is 82.3 Å². The standard InChI is InChI=1S/C20H18/c1-11-5-6-15-7-8-17-14(4)12(2)9-16-10-13(3)18(11)20(15)19(16)17/h5-10H,1-4H3. The van der Waals surface area contributed by atoms with Crippen LogP contribution in [-0.2, 0) is 0 Å².